The van der Waals surface area contributed by atoms with Crippen LogP contribution in [0.2, 0.25) is 0 Å². The average Bonchev–Trinajstić information content (AvgIpc) is 3.25. The number of imide groups is 1. The van der Waals surface area contributed by atoms with E-state index in [1.54, 1.807) is 42.5 Å². The highest BCUT2D eigenvalue weighted by Crippen LogP contribution is 2.25. The predicted molar refractivity (Wildman–Crippen MR) is 146 cm³/mol. The molecule has 2 saturated heterocycles. The fraction of sp³-hybridized carbons (Fsp3) is 0.290. The number of ketones is 1. The van der Waals surface area contributed by atoms with Gasteiger partial charge < -0.3 is 10.1 Å². The standard InChI is InChI=1S/C31H31N3O5/c35-28(23-9-5-2-6-10-23)21-39-31(38)24-11-13-26(14-12-24)34-29(36)19-27(30(34)37)32-25-15-17-33(18-16-25)20-22-7-3-1-4-8-22/h1-14,25,27,32H,15-21H2. The highest BCUT2D eigenvalue weighted by atomic mass is 16.5. The Balaban J connectivity index is 1.12. The summed E-state index contributed by atoms with van der Waals surface area (Å²) in [6.45, 7) is 2.40. The second-order valence-corrected chi connectivity index (χ2v) is 9.94. The summed E-state index contributed by atoms with van der Waals surface area (Å²) < 4.78 is 5.14. The summed E-state index contributed by atoms with van der Waals surface area (Å²) in [7, 11) is 0. The Morgan fingerprint density at radius 1 is 0.821 bits per heavy atom. The highest BCUT2D eigenvalue weighted by molar-refractivity contribution is 6.22. The second-order valence-electron chi connectivity index (χ2n) is 9.94. The Morgan fingerprint density at radius 2 is 1.46 bits per heavy atom. The number of carbonyl (C=O) groups excluding carboxylic acids is 4. The van der Waals surface area contributed by atoms with Gasteiger partial charge >= 0.3 is 5.97 Å². The maximum Gasteiger partial charge on any atom is 0.338 e. The first-order valence-corrected chi connectivity index (χ1v) is 13.2. The maximum absolute atomic E-state index is 13.1. The maximum atomic E-state index is 13.1. The smallest absolute Gasteiger partial charge is 0.338 e. The highest BCUT2D eigenvalue weighted by Gasteiger charge is 2.40. The van der Waals surface area contributed by atoms with Crippen LogP contribution in [-0.2, 0) is 20.9 Å². The Morgan fingerprint density at radius 3 is 2.13 bits per heavy atom. The van der Waals surface area contributed by atoms with Gasteiger partial charge in [-0.3, -0.25) is 19.3 Å². The van der Waals surface area contributed by atoms with Crippen LogP contribution in [0.4, 0.5) is 5.69 Å². The van der Waals surface area contributed by atoms with Gasteiger partial charge in [0, 0.05) is 18.2 Å². The van der Waals surface area contributed by atoms with Gasteiger partial charge in [-0.1, -0.05) is 60.7 Å². The Hall–Kier alpha value is -4.14. The lowest BCUT2D eigenvalue weighted by molar-refractivity contribution is -0.121. The average molecular weight is 526 g/mol. The van der Waals surface area contributed by atoms with Crippen LogP contribution < -0.4 is 10.2 Å². The van der Waals surface area contributed by atoms with Crippen LogP contribution in [0.25, 0.3) is 0 Å². The molecule has 1 N–H and O–H groups in total. The third-order valence-corrected chi connectivity index (χ3v) is 7.21. The molecular formula is C31H31N3O5. The van der Waals surface area contributed by atoms with E-state index in [4.69, 9.17) is 4.74 Å². The number of Topliss-reactive ketones (excluding diaryl/α,β-unsaturated/α-hetero) is 1. The number of esters is 1. The van der Waals surface area contributed by atoms with E-state index in [1.807, 2.05) is 18.2 Å². The molecule has 3 aromatic rings. The fourth-order valence-electron chi connectivity index (χ4n) is 5.09. The molecule has 1 unspecified atom stereocenters. The topological polar surface area (TPSA) is 96.0 Å². The van der Waals surface area contributed by atoms with E-state index in [-0.39, 0.29) is 42.2 Å². The van der Waals surface area contributed by atoms with Gasteiger partial charge in [-0.2, -0.15) is 0 Å². The minimum atomic E-state index is -0.650. The van der Waals surface area contributed by atoms with Crippen molar-refractivity contribution in [2.24, 2.45) is 0 Å². The van der Waals surface area contributed by atoms with Gasteiger partial charge in [-0.05, 0) is 55.8 Å². The van der Waals surface area contributed by atoms with Crippen molar-refractivity contribution in [3.8, 4) is 0 Å². The number of hydrogen-bond acceptors (Lipinski definition) is 7. The van der Waals surface area contributed by atoms with E-state index < -0.39 is 12.0 Å². The quantitative estimate of drug-likeness (QED) is 0.259. The molecule has 0 spiro atoms. The molecule has 0 aromatic heterocycles. The van der Waals surface area contributed by atoms with Gasteiger partial charge in [0.15, 0.2) is 12.4 Å². The fourth-order valence-corrected chi connectivity index (χ4v) is 5.09. The lowest BCUT2D eigenvalue weighted by Crippen LogP contribution is -2.48. The SMILES string of the molecule is O=C(COC(=O)c1ccc(N2C(=O)CC(NC3CCN(Cc4ccccc4)CC3)C2=O)cc1)c1ccccc1. The number of rotatable bonds is 9. The summed E-state index contributed by atoms with van der Waals surface area (Å²) in [5.74, 6) is -1.50. The summed E-state index contributed by atoms with van der Waals surface area (Å²) in [5, 5.41) is 3.41. The van der Waals surface area contributed by atoms with Gasteiger partial charge in [-0.15, -0.1) is 0 Å². The van der Waals surface area contributed by atoms with E-state index in [0.29, 0.717) is 11.3 Å². The molecule has 0 bridgehead atoms. The van der Waals surface area contributed by atoms with Crippen molar-refractivity contribution in [2.75, 3.05) is 24.6 Å². The van der Waals surface area contributed by atoms with Crippen molar-refractivity contribution in [3.63, 3.8) is 0 Å². The molecule has 0 aliphatic carbocycles. The normalized spacial score (nSPS) is 18.4. The van der Waals surface area contributed by atoms with E-state index in [2.05, 4.69) is 22.3 Å². The number of hydrogen-bond donors (Lipinski definition) is 1. The van der Waals surface area contributed by atoms with Crippen LogP contribution in [0.15, 0.2) is 84.9 Å². The molecule has 2 heterocycles. The molecule has 39 heavy (non-hydrogen) atoms. The number of ether oxygens (including phenoxy) is 1. The molecule has 2 amide bonds. The van der Waals surface area contributed by atoms with Gasteiger partial charge in [0.2, 0.25) is 5.91 Å². The first-order valence-electron chi connectivity index (χ1n) is 13.2. The lowest BCUT2D eigenvalue weighted by atomic mass is 10.0. The van der Waals surface area contributed by atoms with Crippen LogP contribution in [-0.4, -0.2) is 60.2 Å². The summed E-state index contributed by atoms with van der Waals surface area (Å²) in [4.78, 5) is 54.0. The largest absolute Gasteiger partial charge is 0.454 e. The van der Waals surface area contributed by atoms with Gasteiger partial charge in [0.25, 0.3) is 5.91 Å². The second kappa shape index (κ2) is 12.1. The summed E-state index contributed by atoms with van der Waals surface area (Å²) in [5.41, 5.74) is 2.39. The molecular weight excluding hydrogens is 494 g/mol. The monoisotopic (exact) mass is 525 g/mol. The number of amides is 2. The van der Waals surface area contributed by atoms with Crippen LogP contribution in [0.3, 0.4) is 0 Å². The summed E-state index contributed by atoms with van der Waals surface area (Å²) in [6.07, 6.45) is 1.93. The molecule has 3 aromatic carbocycles. The van der Waals surface area contributed by atoms with E-state index >= 15 is 0 Å². The summed E-state index contributed by atoms with van der Waals surface area (Å²) >= 11 is 0. The van der Waals surface area contributed by atoms with E-state index in [9.17, 15) is 19.2 Å². The molecule has 2 aliphatic heterocycles. The van der Waals surface area contributed by atoms with Crippen molar-refractivity contribution in [3.05, 3.63) is 102 Å². The molecule has 0 saturated carbocycles. The first kappa shape index (κ1) is 26.5. The molecule has 1 atom stereocenters. The number of nitrogens with one attached hydrogen (secondary N) is 1. The van der Waals surface area contributed by atoms with Gasteiger partial charge in [-0.25, -0.2) is 9.69 Å². The van der Waals surface area contributed by atoms with Gasteiger partial charge in [0.05, 0.1) is 23.7 Å². The van der Waals surface area contributed by atoms with Crippen LogP contribution >= 0.6 is 0 Å². The van der Waals surface area contributed by atoms with Crippen molar-refractivity contribution < 1.29 is 23.9 Å². The molecule has 0 radical (unpaired) electrons. The van der Waals surface area contributed by atoms with E-state index in [0.717, 1.165) is 32.5 Å². The Bertz CT molecular complexity index is 1320. The zero-order valence-electron chi connectivity index (χ0n) is 21.6. The molecule has 2 aliphatic rings. The lowest BCUT2D eigenvalue weighted by Gasteiger charge is -2.33. The number of nitrogens with zero attached hydrogens (tertiary/aromatic N) is 2. The van der Waals surface area contributed by atoms with Crippen molar-refractivity contribution in [2.45, 2.75) is 37.9 Å². The molecule has 2 fully saturated rings. The minimum Gasteiger partial charge on any atom is -0.454 e. The zero-order valence-corrected chi connectivity index (χ0v) is 21.6. The molecule has 8 heteroatoms. The number of anilines is 1. The van der Waals surface area contributed by atoms with Crippen molar-refractivity contribution in [1.29, 1.82) is 0 Å². The molecule has 8 nitrogen and oxygen atoms in total. The number of piperidine rings is 1. The minimum absolute atomic E-state index is 0.106. The third kappa shape index (κ3) is 6.47. The zero-order chi connectivity index (χ0) is 27.2. The van der Waals surface area contributed by atoms with Gasteiger partial charge in [0.1, 0.15) is 0 Å². The van der Waals surface area contributed by atoms with Crippen LogP contribution in [0.1, 0.15) is 45.5 Å². The Kier molecular flexibility index (Phi) is 8.24. The van der Waals surface area contributed by atoms with E-state index in [1.165, 1.54) is 22.6 Å². The van der Waals surface area contributed by atoms with Crippen molar-refractivity contribution in [1.82, 2.24) is 10.2 Å². The molecule has 5 rings (SSSR count). The van der Waals surface area contributed by atoms with Crippen molar-refractivity contribution >= 4 is 29.3 Å². The predicted octanol–water partition coefficient (Wildman–Crippen LogP) is 3.61. The van der Waals surface area contributed by atoms with Crippen LogP contribution in [0.5, 0.6) is 0 Å². The van der Waals surface area contributed by atoms with Crippen LogP contribution in [0, 0.1) is 0 Å². The third-order valence-electron chi connectivity index (χ3n) is 7.21. The first-order chi connectivity index (χ1) is 19.0. The number of carbonyl (C=O) groups is 4. The summed E-state index contributed by atoms with van der Waals surface area (Å²) in [6, 6.07) is 24.7. The number of likely N-dealkylation sites (tertiary alicyclic amines) is 1. The Labute approximate surface area is 227 Å². The molecule has 200 valence electrons. The number of benzene rings is 3.